The molecule has 1 aliphatic rings. The molecule has 0 aliphatic heterocycles. The summed E-state index contributed by atoms with van der Waals surface area (Å²) >= 11 is 1.51. The molecule has 0 saturated heterocycles. The fourth-order valence-corrected chi connectivity index (χ4v) is 3.23. The maximum atomic E-state index is 12.4. The van der Waals surface area contributed by atoms with Gasteiger partial charge in [0.25, 0.3) is 5.91 Å². The Balaban J connectivity index is 1.59. The van der Waals surface area contributed by atoms with E-state index in [2.05, 4.69) is 0 Å². The summed E-state index contributed by atoms with van der Waals surface area (Å²) in [5.74, 6) is 0.809. The molecule has 1 aromatic heterocycles. The van der Waals surface area contributed by atoms with E-state index >= 15 is 0 Å². The van der Waals surface area contributed by atoms with Crippen LogP contribution in [0.25, 0.3) is 10.1 Å². The van der Waals surface area contributed by atoms with Gasteiger partial charge in [-0.15, -0.1) is 11.3 Å². The number of fused-ring (bicyclic) bond motifs is 1. The fraction of sp³-hybridized carbons (Fsp3) is 0.438. The summed E-state index contributed by atoms with van der Waals surface area (Å²) < 4.78 is 6.67. The van der Waals surface area contributed by atoms with Crippen molar-refractivity contribution in [2.24, 2.45) is 5.92 Å². The highest BCUT2D eigenvalue weighted by Gasteiger charge is 2.21. The van der Waals surface area contributed by atoms with E-state index in [1.807, 2.05) is 31.3 Å². The zero-order valence-electron chi connectivity index (χ0n) is 12.2. The van der Waals surface area contributed by atoms with Crippen molar-refractivity contribution in [2.45, 2.75) is 12.8 Å². The van der Waals surface area contributed by atoms with Crippen LogP contribution in [0.2, 0.25) is 0 Å². The highest BCUT2D eigenvalue weighted by molar-refractivity contribution is 7.20. The summed E-state index contributed by atoms with van der Waals surface area (Å²) in [7, 11) is 1.82. The molecule has 0 bridgehead atoms. The van der Waals surface area contributed by atoms with Gasteiger partial charge in [-0.25, -0.2) is 0 Å². The van der Waals surface area contributed by atoms with Crippen LogP contribution >= 0.6 is 11.3 Å². The van der Waals surface area contributed by atoms with Crippen LogP contribution in [0.4, 0.5) is 5.69 Å². The minimum atomic E-state index is 0.0461. The molecule has 0 unspecified atom stereocenters. The maximum Gasteiger partial charge on any atom is 0.263 e. The lowest BCUT2D eigenvalue weighted by Gasteiger charge is -2.16. The number of thiophene rings is 1. The van der Waals surface area contributed by atoms with Gasteiger partial charge in [-0.3, -0.25) is 4.79 Å². The molecule has 4 nitrogen and oxygen atoms in total. The van der Waals surface area contributed by atoms with Gasteiger partial charge in [-0.1, -0.05) is 0 Å². The van der Waals surface area contributed by atoms with Crippen LogP contribution in [0, 0.1) is 5.92 Å². The molecular formula is C16H20N2O2S. The van der Waals surface area contributed by atoms with Gasteiger partial charge in [0.15, 0.2) is 0 Å². The molecule has 112 valence electrons. The summed E-state index contributed by atoms with van der Waals surface area (Å²) in [6.07, 6.45) is 2.58. The van der Waals surface area contributed by atoms with E-state index in [0.29, 0.717) is 13.2 Å². The van der Waals surface area contributed by atoms with E-state index in [0.717, 1.165) is 33.2 Å². The first-order chi connectivity index (χ1) is 10.1. The van der Waals surface area contributed by atoms with Gasteiger partial charge in [0.1, 0.15) is 0 Å². The first-order valence-electron chi connectivity index (χ1n) is 7.26. The lowest BCUT2D eigenvalue weighted by Crippen LogP contribution is -2.29. The molecule has 1 aromatic carbocycles. The van der Waals surface area contributed by atoms with Crippen molar-refractivity contribution in [2.75, 3.05) is 32.5 Å². The third kappa shape index (κ3) is 3.54. The summed E-state index contributed by atoms with van der Waals surface area (Å²) in [5.41, 5.74) is 6.50. The van der Waals surface area contributed by atoms with Crippen LogP contribution in [0.1, 0.15) is 22.5 Å². The number of likely N-dealkylation sites (N-methyl/N-ethyl adjacent to an activating group) is 1. The van der Waals surface area contributed by atoms with Crippen molar-refractivity contribution in [3.63, 3.8) is 0 Å². The summed E-state index contributed by atoms with van der Waals surface area (Å²) in [5, 5.41) is 1.03. The lowest BCUT2D eigenvalue weighted by molar-refractivity contribution is 0.0685. The molecule has 21 heavy (non-hydrogen) atoms. The highest BCUT2D eigenvalue weighted by atomic mass is 32.1. The number of amides is 1. The third-order valence-corrected chi connectivity index (χ3v) is 4.82. The third-order valence-electron chi connectivity index (χ3n) is 3.72. The largest absolute Gasteiger partial charge is 0.399 e. The molecule has 1 aliphatic carbocycles. The average Bonchev–Trinajstić information content (AvgIpc) is 3.20. The lowest BCUT2D eigenvalue weighted by atomic mass is 10.2. The number of benzene rings is 1. The minimum absolute atomic E-state index is 0.0461. The van der Waals surface area contributed by atoms with Crippen LogP contribution in [0.5, 0.6) is 0 Å². The Morgan fingerprint density at radius 3 is 3.00 bits per heavy atom. The van der Waals surface area contributed by atoms with Crippen LogP contribution in [-0.2, 0) is 4.74 Å². The van der Waals surface area contributed by atoms with E-state index in [4.69, 9.17) is 10.5 Å². The fourth-order valence-electron chi connectivity index (χ4n) is 2.19. The summed E-state index contributed by atoms with van der Waals surface area (Å²) in [4.78, 5) is 14.9. The van der Waals surface area contributed by atoms with Crippen LogP contribution in [-0.4, -0.2) is 37.6 Å². The van der Waals surface area contributed by atoms with Crippen LogP contribution in [0.15, 0.2) is 24.3 Å². The Bertz CT molecular complexity index is 649. The van der Waals surface area contributed by atoms with Gasteiger partial charge >= 0.3 is 0 Å². The predicted octanol–water partition coefficient (Wildman–Crippen LogP) is 2.98. The van der Waals surface area contributed by atoms with Gasteiger partial charge in [-0.05, 0) is 48.4 Å². The van der Waals surface area contributed by atoms with Crippen LogP contribution in [0.3, 0.4) is 0 Å². The topological polar surface area (TPSA) is 55.6 Å². The molecule has 1 fully saturated rings. The van der Waals surface area contributed by atoms with Crippen molar-refractivity contribution in [3.05, 3.63) is 29.1 Å². The first kappa shape index (κ1) is 14.4. The number of anilines is 1. The quantitative estimate of drug-likeness (QED) is 0.659. The van der Waals surface area contributed by atoms with E-state index in [-0.39, 0.29) is 5.91 Å². The number of carbonyl (C=O) groups excluding carboxylic acids is 1. The van der Waals surface area contributed by atoms with Crippen molar-refractivity contribution >= 4 is 33.0 Å². The van der Waals surface area contributed by atoms with Gasteiger partial charge in [0.05, 0.1) is 11.5 Å². The van der Waals surface area contributed by atoms with Crippen molar-refractivity contribution in [1.82, 2.24) is 4.90 Å². The van der Waals surface area contributed by atoms with E-state index < -0.39 is 0 Å². The zero-order chi connectivity index (χ0) is 14.8. The van der Waals surface area contributed by atoms with Gasteiger partial charge < -0.3 is 15.4 Å². The SMILES string of the molecule is CN(CCOCC1CC1)C(=O)c1cc2cc(N)ccc2s1. The number of rotatable bonds is 6. The second kappa shape index (κ2) is 6.03. The Morgan fingerprint density at radius 2 is 2.24 bits per heavy atom. The number of nitrogens with zero attached hydrogens (tertiary/aromatic N) is 1. The number of hydrogen-bond acceptors (Lipinski definition) is 4. The average molecular weight is 304 g/mol. The number of hydrogen-bond donors (Lipinski definition) is 1. The second-order valence-electron chi connectivity index (χ2n) is 5.65. The summed E-state index contributed by atoms with van der Waals surface area (Å²) in [6.45, 7) is 2.07. The molecule has 2 aromatic rings. The smallest absolute Gasteiger partial charge is 0.263 e. The molecule has 0 radical (unpaired) electrons. The van der Waals surface area contributed by atoms with E-state index in [1.54, 1.807) is 4.90 Å². The maximum absolute atomic E-state index is 12.4. The number of nitrogen functional groups attached to an aromatic ring is 1. The summed E-state index contributed by atoms with van der Waals surface area (Å²) in [6, 6.07) is 7.65. The van der Waals surface area contributed by atoms with Gasteiger partial charge in [0, 0.05) is 30.6 Å². The Labute approximate surface area is 128 Å². The Morgan fingerprint density at radius 1 is 1.43 bits per heavy atom. The molecule has 3 rings (SSSR count). The minimum Gasteiger partial charge on any atom is -0.399 e. The van der Waals surface area contributed by atoms with Crippen LogP contribution < -0.4 is 5.73 Å². The molecule has 1 saturated carbocycles. The Hall–Kier alpha value is -1.59. The molecule has 1 amide bonds. The van der Waals surface area contributed by atoms with E-state index in [1.165, 1.54) is 24.2 Å². The molecule has 0 spiro atoms. The van der Waals surface area contributed by atoms with Crippen molar-refractivity contribution in [3.8, 4) is 0 Å². The monoisotopic (exact) mass is 304 g/mol. The van der Waals surface area contributed by atoms with Crippen molar-refractivity contribution < 1.29 is 9.53 Å². The van der Waals surface area contributed by atoms with Crippen molar-refractivity contribution in [1.29, 1.82) is 0 Å². The van der Waals surface area contributed by atoms with E-state index in [9.17, 15) is 4.79 Å². The number of nitrogens with two attached hydrogens (primary N) is 1. The molecular weight excluding hydrogens is 284 g/mol. The van der Waals surface area contributed by atoms with Gasteiger partial charge in [0.2, 0.25) is 0 Å². The normalized spacial score (nSPS) is 14.5. The predicted molar refractivity (Wildman–Crippen MR) is 86.7 cm³/mol. The highest BCUT2D eigenvalue weighted by Crippen LogP contribution is 2.29. The molecule has 2 N–H and O–H groups in total. The first-order valence-corrected chi connectivity index (χ1v) is 8.07. The number of carbonyl (C=O) groups is 1. The molecule has 5 heteroatoms. The molecule has 0 atom stereocenters. The Kier molecular flexibility index (Phi) is 4.12. The molecule has 1 heterocycles. The number of ether oxygens (including phenoxy) is 1. The standard InChI is InChI=1S/C16H20N2O2S/c1-18(6-7-20-10-11-2-3-11)16(19)15-9-12-8-13(17)4-5-14(12)21-15/h4-5,8-9,11H,2-3,6-7,10,17H2,1H3. The zero-order valence-corrected chi connectivity index (χ0v) is 13.0. The van der Waals surface area contributed by atoms with Gasteiger partial charge in [-0.2, -0.15) is 0 Å². The second-order valence-corrected chi connectivity index (χ2v) is 6.74.